The third-order valence-corrected chi connectivity index (χ3v) is 1.45. The van der Waals surface area contributed by atoms with Gasteiger partial charge in [0.05, 0.1) is 6.54 Å². The largest absolute Gasteiger partial charge is 0.375 e. The highest BCUT2D eigenvalue weighted by atomic mass is 19.3. The van der Waals surface area contributed by atoms with Crippen LogP contribution in [-0.2, 0) is 4.74 Å². The smallest absolute Gasteiger partial charge is 0.282 e. The molecular weight excluding hydrogens is 164 g/mol. The van der Waals surface area contributed by atoms with Crippen LogP contribution in [0.1, 0.15) is 20.3 Å². The Morgan fingerprint density at radius 3 is 2.42 bits per heavy atom. The summed E-state index contributed by atoms with van der Waals surface area (Å²) >= 11 is 0. The van der Waals surface area contributed by atoms with Crippen LogP contribution >= 0.6 is 0 Å². The fraction of sp³-hybridized carbons (Fsp3) is 1.00. The summed E-state index contributed by atoms with van der Waals surface area (Å²) in [5, 5.41) is 0. The van der Waals surface area contributed by atoms with Crippen LogP contribution in [0.25, 0.3) is 0 Å². The normalized spacial score (nSPS) is 12.5. The molecule has 4 heteroatoms. The lowest BCUT2D eigenvalue weighted by Crippen LogP contribution is -2.33. The molecule has 0 amide bonds. The average molecular weight is 181 g/mol. The predicted octanol–water partition coefficient (Wildman–Crippen LogP) is 1.64. The highest BCUT2D eigenvalue weighted by Gasteiger charge is 2.26. The van der Waals surface area contributed by atoms with Crippen molar-refractivity contribution >= 4 is 0 Å². The minimum atomic E-state index is -2.86. The first-order valence-corrected chi connectivity index (χ1v) is 4.13. The van der Waals surface area contributed by atoms with Gasteiger partial charge in [0.15, 0.2) is 0 Å². The van der Waals surface area contributed by atoms with E-state index < -0.39 is 19.1 Å². The minimum Gasteiger partial charge on any atom is -0.375 e. The maximum absolute atomic E-state index is 12.4. The molecule has 0 saturated heterocycles. The van der Waals surface area contributed by atoms with Gasteiger partial charge in [0, 0.05) is 6.61 Å². The van der Waals surface area contributed by atoms with Crippen molar-refractivity contribution in [1.82, 2.24) is 0 Å². The third-order valence-electron chi connectivity index (χ3n) is 1.45. The molecule has 0 aromatic heterocycles. The number of alkyl halides is 2. The highest BCUT2D eigenvalue weighted by Crippen LogP contribution is 2.11. The zero-order chi connectivity index (χ0) is 9.61. The molecule has 12 heavy (non-hydrogen) atoms. The molecule has 0 aliphatic rings. The Balaban J connectivity index is 3.31. The van der Waals surface area contributed by atoms with Crippen molar-refractivity contribution in [2.45, 2.75) is 26.2 Å². The fourth-order valence-corrected chi connectivity index (χ4v) is 0.599. The summed E-state index contributed by atoms with van der Waals surface area (Å²) in [7, 11) is 0. The summed E-state index contributed by atoms with van der Waals surface area (Å²) in [6.07, 6.45) is 0.806. The van der Waals surface area contributed by atoms with E-state index in [0.717, 1.165) is 6.42 Å². The van der Waals surface area contributed by atoms with Crippen LogP contribution in [0.15, 0.2) is 0 Å². The van der Waals surface area contributed by atoms with Crippen LogP contribution in [0.4, 0.5) is 8.78 Å². The van der Waals surface area contributed by atoms with Gasteiger partial charge in [0.2, 0.25) is 0 Å². The second-order valence-electron chi connectivity index (χ2n) is 3.30. The van der Waals surface area contributed by atoms with E-state index in [9.17, 15) is 8.78 Å². The van der Waals surface area contributed by atoms with Crippen molar-refractivity contribution in [2.24, 2.45) is 11.7 Å². The van der Waals surface area contributed by atoms with E-state index in [1.54, 1.807) is 0 Å². The first-order chi connectivity index (χ1) is 5.48. The molecule has 0 heterocycles. The van der Waals surface area contributed by atoms with Gasteiger partial charge in [-0.3, -0.25) is 0 Å². The highest BCUT2D eigenvalue weighted by molar-refractivity contribution is 4.64. The molecule has 0 rings (SSSR count). The van der Waals surface area contributed by atoms with Gasteiger partial charge in [0.1, 0.15) is 6.61 Å². The SMILES string of the molecule is CC(C)CCOCC(F)(F)CN. The van der Waals surface area contributed by atoms with Gasteiger partial charge in [-0.2, -0.15) is 0 Å². The fourth-order valence-electron chi connectivity index (χ4n) is 0.599. The van der Waals surface area contributed by atoms with Crippen LogP contribution in [0.5, 0.6) is 0 Å². The molecular formula is C8H17F2NO. The standard InChI is InChI=1S/C8H17F2NO/c1-7(2)3-4-12-6-8(9,10)5-11/h7H,3-6,11H2,1-2H3. The Morgan fingerprint density at radius 1 is 1.42 bits per heavy atom. The monoisotopic (exact) mass is 181 g/mol. The predicted molar refractivity (Wildman–Crippen MR) is 44.3 cm³/mol. The number of nitrogens with two attached hydrogens (primary N) is 1. The first-order valence-electron chi connectivity index (χ1n) is 4.13. The second kappa shape index (κ2) is 5.43. The Kier molecular flexibility index (Phi) is 5.33. The van der Waals surface area contributed by atoms with Crippen LogP contribution < -0.4 is 5.73 Å². The van der Waals surface area contributed by atoms with Crippen molar-refractivity contribution in [3.05, 3.63) is 0 Å². The molecule has 0 radical (unpaired) electrons. The van der Waals surface area contributed by atoms with E-state index in [-0.39, 0.29) is 0 Å². The number of ether oxygens (including phenoxy) is 1. The van der Waals surface area contributed by atoms with E-state index in [2.05, 4.69) is 0 Å². The van der Waals surface area contributed by atoms with E-state index >= 15 is 0 Å². The molecule has 2 N–H and O–H groups in total. The number of rotatable bonds is 6. The molecule has 0 atom stereocenters. The zero-order valence-electron chi connectivity index (χ0n) is 7.65. The van der Waals surface area contributed by atoms with Gasteiger partial charge in [-0.05, 0) is 12.3 Å². The molecule has 0 bridgehead atoms. The van der Waals surface area contributed by atoms with Crippen molar-refractivity contribution in [3.8, 4) is 0 Å². The summed E-state index contributed by atoms with van der Waals surface area (Å²) in [4.78, 5) is 0. The van der Waals surface area contributed by atoms with Crippen molar-refractivity contribution in [1.29, 1.82) is 0 Å². The molecule has 2 nitrogen and oxygen atoms in total. The average Bonchev–Trinajstić information content (AvgIpc) is 1.98. The van der Waals surface area contributed by atoms with Crippen LogP contribution in [-0.4, -0.2) is 25.7 Å². The molecule has 0 aliphatic heterocycles. The van der Waals surface area contributed by atoms with E-state index in [1.165, 1.54) is 0 Å². The summed E-state index contributed by atoms with van der Waals surface area (Å²) in [6.45, 7) is 3.22. The lowest BCUT2D eigenvalue weighted by atomic mass is 10.1. The van der Waals surface area contributed by atoms with E-state index in [0.29, 0.717) is 12.5 Å². The molecule has 0 aromatic carbocycles. The molecule has 0 fully saturated rings. The number of halogens is 2. The maximum Gasteiger partial charge on any atom is 0.282 e. The Hall–Kier alpha value is -0.220. The van der Waals surface area contributed by atoms with Gasteiger partial charge in [-0.15, -0.1) is 0 Å². The molecule has 0 saturated carbocycles. The Morgan fingerprint density at radius 2 is 2.00 bits per heavy atom. The summed E-state index contributed by atoms with van der Waals surface area (Å²) in [6, 6.07) is 0. The van der Waals surface area contributed by atoms with E-state index in [4.69, 9.17) is 10.5 Å². The molecule has 74 valence electrons. The van der Waals surface area contributed by atoms with Gasteiger partial charge in [0.25, 0.3) is 5.92 Å². The van der Waals surface area contributed by atoms with Gasteiger partial charge in [-0.25, -0.2) is 8.78 Å². The third kappa shape index (κ3) is 6.49. The van der Waals surface area contributed by atoms with Crippen LogP contribution in [0, 0.1) is 5.92 Å². The first kappa shape index (κ1) is 11.8. The van der Waals surface area contributed by atoms with Crippen molar-refractivity contribution in [3.63, 3.8) is 0 Å². The lowest BCUT2D eigenvalue weighted by molar-refractivity contribution is -0.0707. The Bertz CT molecular complexity index is 118. The second-order valence-corrected chi connectivity index (χ2v) is 3.30. The minimum absolute atomic E-state index is 0.382. The summed E-state index contributed by atoms with van der Waals surface area (Å²) in [5.74, 6) is -2.38. The molecule has 0 aromatic rings. The zero-order valence-corrected chi connectivity index (χ0v) is 7.65. The van der Waals surface area contributed by atoms with Gasteiger partial charge < -0.3 is 10.5 Å². The number of hydrogen-bond acceptors (Lipinski definition) is 2. The molecule has 0 aliphatic carbocycles. The van der Waals surface area contributed by atoms with Gasteiger partial charge >= 0.3 is 0 Å². The van der Waals surface area contributed by atoms with Crippen molar-refractivity contribution in [2.75, 3.05) is 19.8 Å². The van der Waals surface area contributed by atoms with Gasteiger partial charge in [-0.1, -0.05) is 13.8 Å². The Labute approximate surface area is 72.1 Å². The molecule has 0 spiro atoms. The number of hydrogen-bond donors (Lipinski definition) is 1. The molecule has 0 unspecified atom stereocenters. The quantitative estimate of drug-likeness (QED) is 0.632. The van der Waals surface area contributed by atoms with Crippen LogP contribution in [0.2, 0.25) is 0 Å². The van der Waals surface area contributed by atoms with Crippen molar-refractivity contribution < 1.29 is 13.5 Å². The summed E-state index contributed by atoms with van der Waals surface area (Å²) < 4.78 is 29.6. The lowest BCUT2D eigenvalue weighted by Gasteiger charge is -2.14. The topological polar surface area (TPSA) is 35.2 Å². The van der Waals surface area contributed by atoms with E-state index in [1.807, 2.05) is 13.8 Å². The summed E-state index contributed by atoms with van der Waals surface area (Å²) in [5.41, 5.74) is 4.82. The maximum atomic E-state index is 12.4. The van der Waals surface area contributed by atoms with Crippen LogP contribution in [0.3, 0.4) is 0 Å².